The fourth-order valence-corrected chi connectivity index (χ4v) is 10.4. The lowest BCUT2D eigenvalue weighted by Gasteiger charge is -2.26. The summed E-state index contributed by atoms with van der Waals surface area (Å²) in [6, 6.07) is 96.0. The minimum Gasteiger partial charge on any atom is -0.455 e. The molecule has 3 heteroatoms. The average molecular weight is 881 g/mol. The molecule has 0 aliphatic heterocycles. The van der Waals surface area contributed by atoms with Gasteiger partial charge in [-0.05, 0) is 111 Å². The SMILES string of the molecule is c1ccc(-c2ccc(N(c3ccc(-c4cccc(-c5cccc6c5oc5ccccc56)c4)cc3)c3ccc(-c4ccccc4-c4ccccc4-n4c5ccccc5c5ccccc54)cc3)cc2)cc1. The van der Waals surface area contributed by atoms with E-state index >= 15 is 0 Å². The van der Waals surface area contributed by atoms with Gasteiger partial charge in [-0.3, -0.25) is 0 Å². The van der Waals surface area contributed by atoms with E-state index in [1.54, 1.807) is 0 Å². The van der Waals surface area contributed by atoms with Crippen LogP contribution in [0.4, 0.5) is 17.1 Å². The second kappa shape index (κ2) is 16.9. The van der Waals surface area contributed by atoms with Crippen LogP contribution in [-0.2, 0) is 0 Å². The molecule has 11 aromatic carbocycles. The van der Waals surface area contributed by atoms with E-state index < -0.39 is 0 Å². The van der Waals surface area contributed by atoms with Crippen LogP contribution < -0.4 is 4.90 Å². The summed E-state index contributed by atoms with van der Waals surface area (Å²) in [4.78, 5) is 2.35. The molecule has 13 rings (SSSR count). The molecular weight excluding hydrogens is 837 g/mol. The van der Waals surface area contributed by atoms with Gasteiger partial charge in [-0.2, -0.15) is 0 Å². The molecule has 0 N–H and O–H groups in total. The van der Waals surface area contributed by atoms with Gasteiger partial charge in [-0.1, -0.05) is 200 Å². The number of benzene rings is 11. The molecule has 0 radical (unpaired) electrons. The molecule has 69 heavy (non-hydrogen) atoms. The van der Waals surface area contributed by atoms with Gasteiger partial charge in [0.1, 0.15) is 11.2 Å². The van der Waals surface area contributed by atoms with Crippen LogP contribution in [0.2, 0.25) is 0 Å². The number of hydrogen-bond acceptors (Lipinski definition) is 2. The molecule has 2 aromatic heterocycles. The summed E-state index contributed by atoms with van der Waals surface area (Å²) >= 11 is 0. The van der Waals surface area contributed by atoms with Crippen molar-refractivity contribution in [1.82, 2.24) is 4.57 Å². The molecule has 13 aromatic rings. The van der Waals surface area contributed by atoms with E-state index in [-0.39, 0.29) is 0 Å². The minimum atomic E-state index is 0.905. The third-order valence-corrected chi connectivity index (χ3v) is 13.6. The zero-order valence-corrected chi connectivity index (χ0v) is 37.7. The molecular formula is C66H44N2O. The van der Waals surface area contributed by atoms with Crippen LogP contribution in [0.5, 0.6) is 0 Å². The number of para-hydroxylation sites is 5. The van der Waals surface area contributed by atoms with Gasteiger partial charge in [0.15, 0.2) is 0 Å². The van der Waals surface area contributed by atoms with E-state index in [0.29, 0.717) is 0 Å². The van der Waals surface area contributed by atoms with Crippen molar-refractivity contribution < 1.29 is 4.42 Å². The summed E-state index contributed by atoms with van der Waals surface area (Å²) in [5.74, 6) is 0. The van der Waals surface area contributed by atoms with Crippen LogP contribution >= 0.6 is 0 Å². The molecule has 0 bridgehead atoms. The summed E-state index contributed by atoms with van der Waals surface area (Å²) < 4.78 is 8.86. The Hall–Kier alpha value is -9.18. The van der Waals surface area contributed by atoms with E-state index in [9.17, 15) is 0 Å². The molecule has 0 saturated heterocycles. The second-order valence-electron chi connectivity index (χ2n) is 17.6. The lowest BCUT2D eigenvalue weighted by atomic mass is 9.93. The Morgan fingerprint density at radius 2 is 0.725 bits per heavy atom. The highest BCUT2D eigenvalue weighted by Gasteiger charge is 2.19. The minimum absolute atomic E-state index is 0.905. The molecule has 324 valence electrons. The van der Waals surface area contributed by atoms with Crippen molar-refractivity contribution in [2.45, 2.75) is 0 Å². The lowest BCUT2D eigenvalue weighted by molar-refractivity contribution is 0.670. The summed E-state index contributed by atoms with van der Waals surface area (Å²) in [6.07, 6.45) is 0. The van der Waals surface area contributed by atoms with Gasteiger partial charge in [0.2, 0.25) is 0 Å². The maximum atomic E-state index is 6.44. The maximum absolute atomic E-state index is 6.44. The first-order chi connectivity index (χ1) is 34.2. The molecule has 0 atom stereocenters. The van der Waals surface area contributed by atoms with Crippen molar-refractivity contribution in [3.05, 3.63) is 267 Å². The first-order valence-corrected chi connectivity index (χ1v) is 23.6. The van der Waals surface area contributed by atoms with Crippen molar-refractivity contribution in [2.75, 3.05) is 4.90 Å². The van der Waals surface area contributed by atoms with E-state index in [1.165, 1.54) is 49.6 Å². The summed E-state index contributed by atoms with van der Waals surface area (Å²) in [5, 5.41) is 4.77. The van der Waals surface area contributed by atoms with Crippen molar-refractivity contribution in [2.24, 2.45) is 0 Å². The van der Waals surface area contributed by atoms with Gasteiger partial charge in [0.25, 0.3) is 0 Å². The third kappa shape index (κ3) is 7.08. The van der Waals surface area contributed by atoms with Crippen LogP contribution in [0.3, 0.4) is 0 Å². The van der Waals surface area contributed by atoms with E-state index in [1.807, 2.05) is 12.1 Å². The van der Waals surface area contributed by atoms with Crippen molar-refractivity contribution >= 4 is 60.8 Å². The zero-order chi connectivity index (χ0) is 45.7. The number of furan rings is 1. The van der Waals surface area contributed by atoms with Gasteiger partial charge >= 0.3 is 0 Å². The summed E-state index contributed by atoms with van der Waals surface area (Å²) in [6.45, 7) is 0. The van der Waals surface area contributed by atoms with Crippen LogP contribution in [0.15, 0.2) is 271 Å². The standard InChI is InChI=1S/C66H44N2O/c1-2-16-45(17-3-1)46-32-38-51(39-33-46)67(52-40-34-47(35-41-52)49-18-14-19-50(44-49)55-26-15-27-61-60-25-9-13-31-65(60)69-66(55)61)53-42-36-48(37-43-53)54-20-4-5-21-56(54)57-22-6-10-28-62(57)68-63-29-11-7-23-58(63)59-24-8-12-30-64(59)68/h1-44H. The molecule has 3 nitrogen and oxygen atoms in total. The van der Waals surface area contributed by atoms with Crippen molar-refractivity contribution in [3.8, 4) is 61.3 Å². The lowest BCUT2D eigenvalue weighted by Crippen LogP contribution is -2.09. The molecule has 0 fully saturated rings. The Morgan fingerprint density at radius 1 is 0.275 bits per heavy atom. The van der Waals surface area contributed by atoms with Gasteiger partial charge in [0.05, 0.1) is 16.7 Å². The second-order valence-corrected chi connectivity index (χ2v) is 17.6. The molecule has 0 aliphatic rings. The maximum Gasteiger partial charge on any atom is 0.143 e. The van der Waals surface area contributed by atoms with Crippen molar-refractivity contribution in [1.29, 1.82) is 0 Å². The number of fused-ring (bicyclic) bond motifs is 6. The van der Waals surface area contributed by atoms with Gasteiger partial charge in [0, 0.05) is 49.7 Å². The Balaban J connectivity index is 0.871. The number of rotatable bonds is 9. The Morgan fingerprint density at radius 3 is 1.41 bits per heavy atom. The zero-order valence-electron chi connectivity index (χ0n) is 37.7. The largest absolute Gasteiger partial charge is 0.455 e. The molecule has 0 aliphatic carbocycles. The quantitative estimate of drug-likeness (QED) is 0.144. The number of nitrogens with zero attached hydrogens (tertiary/aromatic N) is 2. The third-order valence-electron chi connectivity index (χ3n) is 13.6. The van der Waals surface area contributed by atoms with Crippen LogP contribution in [0, 0.1) is 0 Å². The van der Waals surface area contributed by atoms with Gasteiger partial charge in [-0.25, -0.2) is 0 Å². The van der Waals surface area contributed by atoms with E-state index in [2.05, 4.69) is 264 Å². The topological polar surface area (TPSA) is 21.3 Å². The fraction of sp³-hybridized carbons (Fsp3) is 0. The summed E-state index contributed by atoms with van der Waals surface area (Å²) in [7, 11) is 0. The highest BCUT2D eigenvalue weighted by molar-refractivity contribution is 6.11. The predicted molar refractivity (Wildman–Crippen MR) is 290 cm³/mol. The van der Waals surface area contributed by atoms with Crippen molar-refractivity contribution in [3.63, 3.8) is 0 Å². The molecule has 0 amide bonds. The molecule has 0 spiro atoms. The molecule has 0 saturated carbocycles. The highest BCUT2D eigenvalue weighted by atomic mass is 16.3. The fourth-order valence-electron chi connectivity index (χ4n) is 10.4. The predicted octanol–water partition coefficient (Wildman–Crippen LogP) is 18.5. The Kier molecular flexibility index (Phi) is 9.84. The molecule has 0 unspecified atom stereocenters. The number of aromatic nitrogens is 1. The smallest absolute Gasteiger partial charge is 0.143 e. The first kappa shape index (κ1) is 40.1. The average Bonchev–Trinajstić information content (AvgIpc) is 3.98. The highest BCUT2D eigenvalue weighted by Crippen LogP contribution is 2.43. The van der Waals surface area contributed by atoms with Gasteiger partial charge < -0.3 is 13.9 Å². The first-order valence-electron chi connectivity index (χ1n) is 23.6. The van der Waals surface area contributed by atoms with Crippen LogP contribution in [0.25, 0.3) is 105 Å². The number of anilines is 3. The normalized spacial score (nSPS) is 11.5. The monoisotopic (exact) mass is 880 g/mol. The summed E-state index contributed by atoms with van der Waals surface area (Å²) in [5.41, 5.74) is 20.2. The van der Waals surface area contributed by atoms with E-state index in [0.717, 1.165) is 72.5 Å². The molecule has 2 heterocycles. The van der Waals surface area contributed by atoms with Crippen LogP contribution in [0.1, 0.15) is 0 Å². The van der Waals surface area contributed by atoms with E-state index in [4.69, 9.17) is 4.42 Å². The Bertz CT molecular complexity index is 3940. The Labute approximate surface area is 401 Å². The van der Waals surface area contributed by atoms with Crippen LogP contribution in [-0.4, -0.2) is 4.57 Å². The number of hydrogen-bond donors (Lipinski definition) is 0. The van der Waals surface area contributed by atoms with Gasteiger partial charge in [-0.15, -0.1) is 0 Å².